The van der Waals surface area contributed by atoms with Crippen molar-refractivity contribution < 1.29 is 22.3 Å². The molecule has 1 rings (SSSR count). The van der Waals surface area contributed by atoms with Gasteiger partial charge in [0.05, 0.1) is 6.10 Å². The molecule has 1 aliphatic rings. The Morgan fingerprint density at radius 1 is 1.00 bits per heavy atom. The third kappa shape index (κ3) is 20.1. The quantitative estimate of drug-likeness (QED) is 0.219. The molecule has 0 atom stereocenters. The second kappa shape index (κ2) is 14.7. The van der Waals surface area contributed by atoms with Crippen molar-refractivity contribution in [3.05, 3.63) is 0 Å². The van der Waals surface area contributed by atoms with Crippen LogP contribution >= 0.6 is 12.6 Å². The monoisotopic (exact) mass is 357 g/mol. The fraction of sp³-hybridized carbons (Fsp3) is 1.00. The molecule has 0 aromatic carbocycles. The molecule has 3 N–H and O–H groups in total. The van der Waals surface area contributed by atoms with Crippen molar-refractivity contribution in [1.29, 1.82) is 0 Å². The van der Waals surface area contributed by atoms with Crippen molar-refractivity contribution in [2.24, 2.45) is 0 Å². The van der Waals surface area contributed by atoms with Crippen molar-refractivity contribution in [3.8, 4) is 0 Å². The molecular formula is C14H31NO5S2. The molecule has 1 saturated carbocycles. The molecule has 0 bridgehead atoms. The van der Waals surface area contributed by atoms with Crippen LogP contribution in [0.15, 0.2) is 0 Å². The molecule has 0 unspecified atom stereocenters. The standard InChI is InChI=1S/C14H29NOS.H2O4S/c17-13-11-15-10-6-3-7-12-16-14-8-4-1-2-5-9-14;1-5(2,3)4/h14-15,17H,1-13H2;(H2,1,2,3,4). The lowest BCUT2D eigenvalue weighted by Gasteiger charge is -2.15. The van der Waals surface area contributed by atoms with E-state index in [1.807, 2.05) is 0 Å². The highest BCUT2D eigenvalue weighted by Crippen LogP contribution is 2.19. The molecular weight excluding hydrogens is 326 g/mol. The van der Waals surface area contributed by atoms with Crippen molar-refractivity contribution in [1.82, 2.24) is 5.32 Å². The summed E-state index contributed by atoms with van der Waals surface area (Å²) in [4.78, 5) is 0. The molecule has 0 aliphatic heterocycles. The maximum atomic E-state index is 8.74. The van der Waals surface area contributed by atoms with Crippen molar-refractivity contribution in [2.45, 2.75) is 63.9 Å². The van der Waals surface area contributed by atoms with Gasteiger partial charge in [-0.15, -0.1) is 0 Å². The Balaban J connectivity index is 0.000000763. The molecule has 1 fully saturated rings. The van der Waals surface area contributed by atoms with Gasteiger partial charge < -0.3 is 10.1 Å². The lowest BCUT2D eigenvalue weighted by atomic mass is 10.1. The van der Waals surface area contributed by atoms with Gasteiger partial charge in [-0.25, -0.2) is 0 Å². The highest BCUT2D eigenvalue weighted by molar-refractivity contribution is 7.80. The van der Waals surface area contributed by atoms with Crippen molar-refractivity contribution in [3.63, 3.8) is 0 Å². The van der Waals surface area contributed by atoms with E-state index in [2.05, 4.69) is 17.9 Å². The van der Waals surface area contributed by atoms with Crippen LogP contribution in [0, 0.1) is 0 Å². The van der Waals surface area contributed by atoms with E-state index in [0.717, 1.165) is 25.4 Å². The van der Waals surface area contributed by atoms with Crippen LogP contribution in [-0.2, 0) is 15.1 Å². The maximum Gasteiger partial charge on any atom is 0.394 e. The summed E-state index contributed by atoms with van der Waals surface area (Å²) in [6, 6.07) is 0. The summed E-state index contributed by atoms with van der Waals surface area (Å²) in [7, 11) is -4.67. The van der Waals surface area contributed by atoms with E-state index in [-0.39, 0.29) is 0 Å². The van der Waals surface area contributed by atoms with E-state index in [0.29, 0.717) is 6.10 Å². The number of thiol groups is 1. The van der Waals surface area contributed by atoms with Gasteiger partial charge in [0.2, 0.25) is 0 Å². The summed E-state index contributed by atoms with van der Waals surface area (Å²) in [6.07, 6.45) is 12.5. The average Bonchev–Trinajstić information content (AvgIpc) is 2.68. The molecule has 0 heterocycles. The third-order valence-electron chi connectivity index (χ3n) is 3.44. The van der Waals surface area contributed by atoms with Gasteiger partial charge in [-0.05, 0) is 38.6 Å². The molecule has 0 radical (unpaired) electrons. The topological polar surface area (TPSA) is 95.9 Å². The Morgan fingerprint density at radius 3 is 2.14 bits per heavy atom. The fourth-order valence-corrected chi connectivity index (χ4v) is 2.55. The fourth-order valence-electron chi connectivity index (χ4n) is 2.39. The number of rotatable bonds is 9. The van der Waals surface area contributed by atoms with Crippen LogP contribution in [0.25, 0.3) is 0 Å². The molecule has 6 nitrogen and oxygen atoms in total. The maximum absolute atomic E-state index is 8.74. The minimum absolute atomic E-state index is 0.569. The molecule has 1 aliphatic carbocycles. The van der Waals surface area contributed by atoms with Gasteiger partial charge in [-0.3, -0.25) is 9.11 Å². The average molecular weight is 358 g/mol. The second-order valence-electron chi connectivity index (χ2n) is 5.47. The lowest BCUT2D eigenvalue weighted by molar-refractivity contribution is 0.0408. The number of ether oxygens (including phenoxy) is 1. The number of unbranched alkanes of at least 4 members (excludes halogenated alkanes) is 2. The highest BCUT2D eigenvalue weighted by atomic mass is 32.3. The van der Waals surface area contributed by atoms with E-state index in [4.69, 9.17) is 22.3 Å². The Morgan fingerprint density at radius 2 is 1.59 bits per heavy atom. The van der Waals surface area contributed by atoms with Gasteiger partial charge in [-0.1, -0.05) is 25.7 Å². The SMILES string of the molecule is O=S(=O)(O)O.SCCNCCCCCOC1CCCCCC1. The van der Waals surface area contributed by atoms with Crippen LogP contribution in [0.1, 0.15) is 57.8 Å². The molecule has 22 heavy (non-hydrogen) atoms. The van der Waals surface area contributed by atoms with E-state index in [9.17, 15) is 0 Å². The van der Waals surface area contributed by atoms with Crippen molar-refractivity contribution >= 4 is 23.0 Å². The summed E-state index contributed by atoms with van der Waals surface area (Å²) in [5.41, 5.74) is 0. The highest BCUT2D eigenvalue weighted by Gasteiger charge is 2.11. The summed E-state index contributed by atoms with van der Waals surface area (Å²) in [5.74, 6) is 0.935. The van der Waals surface area contributed by atoms with Crippen molar-refractivity contribution in [2.75, 3.05) is 25.4 Å². The number of nitrogens with one attached hydrogen (secondary N) is 1. The van der Waals surface area contributed by atoms with Crippen LogP contribution in [0.4, 0.5) is 0 Å². The summed E-state index contributed by atoms with van der Waals surface area (Å²) >= 11 is 4.16. The lowest BCUT2D eigenvalue weighted by Crippen LogP contribution is -2.18. The smallest absolute Gasteiger partial charge is 0.378 e. The van der Waals surface area contributed by atoms with Crippen LogP contribution in [0.2, 0.25) is 0 Å². The predicted molar refractivity (Wildman–Crippen MR) is 92.2 cm³/mol. The summed E-state index contributed by atoms with van der Waals surface area (Å²) < 4.78 is 37.5. The minimum atomic E-state index is -4.67. The molecule has 0 spiro atoms. The van der Waals surface area contributed by atoms with E-state index >= 15 is 0 Å². The molecule has 0 saturated heterocycles. The first-order valence-electron chi connectivity index (χ1n) is 8.06. The Kier molecular flexibility index (Phi) is 14.8. The van der Waals surface area contributed by atoms with Crippen LogP contribution in [-0.4, -0.2) is 49.1 Å². The number of hydrogen-bond donors (Lipinski definition) is 4. The first kappa shape index (κ1) is 22.1. The van der Waals surface area contributed by atoms with E-state index < -0.39 is 10.4 Å². The number of hydrogen-bond acceptors (Lipinski definition) is 5. The molecule has 0 aromatic rings. The Hall–Kier alpha value is 0.140. The first-order valence-corrected chi connectivity index (χ1v) is 10.1. The van der Waals surface area contributed by atoms with Crippen LogP contribution in [0.3, 0.4) is 0 Å². The van der Waals surface area contributed by atoms with Gasteiger partial charge in [-0.2, -0.15) is 21.0 Å². The van der Waals surface area contributed by atoms with Gasteiger partial charge in [0.15, 0.2) is 0 Å². The summed E-state index contributed by atoms with van der Waals surface area (Å²) in [5, 5.41) is 3.37. The Bertz CT molecular complexity index is 322. The van der Waals surface area contributed by atoms with Gasteiger partial charge in [0.25, 0.3) is 0 Å². The Labute approximate surface area is 140 Å². The third-order valence-corrected chi connectivity index (χ3v) is 3.67. The predicted octanol–water partition coefficient (Wildman–Crippen LogP) is 2.76. The normalized spacial score (nSPS) is 16.7. The molecule has 0 aromatic heterocycles. The van der Waals surface area contributed by atoms with Crippen LogP contribution < -0.4 is 5.32 Å². The van der Waals surface area contributed by atoms with Gasteiger partial charge in [0.1, 0.15) is 0 Å². The molecule has 134 valence electrons. The second-order valence-corrected chi connectivity index (χ2v) is 6.81. The van der Waals surface area contributed by atoms with Gasteiger partial charge in [0, 0.05) is 18.9 Å². The molecule has 0 amide bonds. The van der Waals surface area contributed by atoms with E-state index in [1.165, 1.54) is 57.8 Å². The zero-order valence-electron chi connectivity index (χ0n) is 13.2. The first-order chi connectivity index (χ1) is 10.4. The van der Waals surface area contributed by atoms with Crippen LogP contribution in [0.5, 0.6) is 0 Å². The summed E-state index contributed by atoms with van der Waals surface area (Å²) in [6.45, 7) is 3.13. The minimum Gasteiger partial charge on any atom is -0.378 e. The largest absolute Gasteiger partial charge is 0.394 e. The zero-order valence-corrected chi connectivity index (χ0v) is 15.0. The van der Waals surface area contributed by atoms with E-state index in [1.54, 1.807) is 0 Å². The zero-order chi connectivity index (χ0) is 16.7. The van der Waals surface area contributed by atoms with Gasteiger partial charge >= 0.3 is 10.4 Å². The molecule has 8 heteroatoms.